The Balaban J connectivity index is 1.47. The van der Waals surface area contributed by atoms with Crippen molar-refractivity contribution in [2.24, 2.45) is 11.3 Å². The molecule has 2 saturated heterocycles. The van der Waals surface area contributed by atoms with E-state index in [2.05, 4.69) is 4.90 Å². The molecule has 0 aromatic rings. The number of urea groups is 1. The van der Waals surface area contributed by atoms with Crippen LogP contribution in [0.5, 0.6) is 0 Å². The van der Waals surface area contributed by atoms with Crippen molar-refractivity contribution in [1.82, 2.24) is 14.7 Å². The minimum absolute atomic E-state index is 0.0677. The van der Waals surface area contributed by atoms with Crippen LogP contribution in [0.2, 0.25) is 0 Å². The Morgan fingerprint density at radius 2 is 1.42 bits per heavy atom. The van der Waals surface area contributed by atoms with E-state index in [4.69, 9.17) is 0 Å². The van der Waals surface area contributed by atoms with E-state index in [0.717, 1.165) is 25.9 Å². The first-order chi connectivity index (χ1) is 11.5. The topological polar surface area (TPSA) is 43.9 Å². The summed E-state index contributed by atoms with van der Waals surface area (Å²) < 4.78 is 0. The SMILES string of the molecule is CN(C)C(=O)N1CCC(C(=O)N2CCC3(CCCCC3)CC2)CC1. The molecule has 1 aliphatic carbocycles. The molecule has 0 aromatic heterocycles. The molecule has 3 amide bonds. The van der Waals surface area contributed by atoms with Crippen molar-refractivity contribution < 1.29 is 9.59 Å². The van der Waals surface area contributed by atoms with E-state index in [1.54, 1.807) is 19.0 Å². The van der Waals surface area contributed by atoms with Crippen LogP contribution in [0, 0.1) is 11.3 Å². The van der Waals surface area contributed by atoms with Gasteiger partial charge in [-0.3, -0.25) is 4.79 Å². The van der Waals surface area contributed by atoms with Crippen LogP contribution in [0.25, 0.3) is 0 Å². The molecular weight excluding hydrogens is 302 g/mol. The molecule has 3 aliphatic rings. The maximum Gasteiger partial charge on any atom is 0.319 e. The molecule has 24 heavy (non-hydrogen) atoms. The normalized spacial score (nSPS) is 24.9. The number of hydrogen-bond donors (Lipinski definition) is 0. The van der Waals surface area contributed by atoms with Crippen molar-refractivity contribution in [3.63, 3.8) is 0 Å². The van der Waals surface area contributed by atoms with Crippen LogP contribution in [0.4, 0.5) is 4.79 Å². The number of nitrogens with zero attached hydrogens (tertiary/aromatic N) is 3. The summed E-state index contributed by atoms with van der Waals surface area (Å²) in [5, 5.41) is 0. The number of hydrogen-bond acceptors (Lipinski definition) is 2. The molecule has 0 atom stereocenters. The highest BCUT2D eigenvalue weighted by Gasteiger charge is 2.38. The lowest BCUT2D eigenvalue weighted by Gasteiger charge is -2.45. The fraction of sp³-hybridized carbons (Fsp3) is 0.895. The van der Waals surface area contributed by atoms with E-state index in [9.17, 15) is 9.59 Å². The van der Waals surface area contributed by atoms with Crippen molar-refractivity contribution in [3.05, 3.63) is 0 Å². The monoisotopic (exact) mass is 335 g/mol. The summed E-state index contributed by atoms with van der Waals surface area (Å²) in [6, 6.07) is 0.0677. The molecule has 0 unspecified atom stereocenters. The Kier molecular flexibility index (Phi) is 5.36. The summed E-state index contributed by atoms with van der Waals surface area (Å²) in [6.07, 6.45) is 11.0. The Bertz CT molecular complexity index is 453. The second-order valence-electron chi connectivity index (χ2n) is 8.32. The largest absolute Gasteiger partial charge is 0.342 e. The fourth-order valence-corrected chi connectivity index (χ4v) is 4.86. The molecule has 5 heteroatoms. The van der Waals surface area contributed by atoms with Gasteiger partial charge in [0.15, 0.2) is 0 Å². The first kappa shape index (κ1) is 17.6. The van der Waals surface area contributed by atoms with Crippen molar-refractivity contribution in [2.45, 2.75) is 57.8 Å². The van der Waals surface area contributed by atoms with Crippen molar-refractivity contribution in [2.75, 3.05) is 40.3 Å². The summed E-state index contributed by atoms with van der Waals surface area (Å²) >= 11 is 0. The first-order valence-electron chi connectivity index (χ1n) is 9.76. The zero-order valence-electron chi connectivity index (χ0n) is 15.4. The molecule has 0 radical (unpaired) electrons. The van der Waals surface area contributed by atoms with E-state index in [-0.39, 0.29) is 11.9 Å². The number of piperidine rings is 2. The molecule has 2 heterocycles. The summed E-state index contributed by atoms with van der Waals surface area (Å²) in [5.41, 5.74) is 0.552. The predicted molar refractivity (Wildman–Crippen MR) is 94.7 cm³/mol. The highest BCUT2D eigenvalue weighted by Crippen LogP contribution is 2.44. The van der Waals surface area contributed by atoms with Crippen LogP contribution < -0.4 is 0 Å². The Labute approximate surface area is 146 Å². The Hall–Kier alpha value is -1.26. The van der Waals surface area contributed by atoms with Crippen molar-refractivity contribution in [3.8, 4) is 0 Å². The third-order valence-electron chi connectivity index (χ3n) is 6.55. The lowest BCUT2D eigenvalue weighted by Crippen LogP contribution is -2.49. The van der Waals surface area contributed by atoms with Gasteiger partial charge in [0.05, 0.1) is 0 Å². The molecule has 0 aromatic carbocycles. The summed E-state index contributed by atoms with van der Waals surface area (Å²) in [6.45, 7) is 3.34. The molecular formula is C19H33N3O2. The number of amides is 3. The van der Waals surface area contributed by atoms with E-state index >= 15 is 0 Å². The van der Waals surface area contributed by atoms with Gasteiger partial charge in [-0.1, -0.05) is 19.3 Å². The van der Waals surface area contributed by atoms with Crippen LogP contribution >= 0.6 is 0 Å². The van der Waals surface area contributed by atoms with Crippen molar-refractivity contribution >= 4 is 11.9 Å². The molecule has 3 rings (SSSR count). The highest BCUT2D eigenvalue weighted by atomic mass is 16.2. The fourth-order valence-electron chi connectivity index (χ4n) is 4.86. The average molecular weight is 335 g/mol. The zero-order valence-corrected chi connectivity index (χ0v) is 15.4. The second kappa shape index (κ2) is 7.32. The number of rotatable bonds is 1. The standard InChI is InChI=1S/C19H33N3O2/c1-20(2)18(24)22-12-6-16(7-13-22)17(23)21-14-10-19(11-15-21)8-4-3-5-9-19/h16H,3-15H2,1-2H3. The van der Waals surface area contributed by atoms with Gasteiger partial charge >= 0.3 is 6.03 Å². The minimum atomic E-state index is 0.0677. The predicted octanol–water partition coefficient (Wildman–Crippen LogP) is 2.95. The lowest BCUT2D eigenvalue weighted by molar-refractivity contribution is -0.139. The molecule has 1 spiro atoms. The maximum absolute atomic E-state index is 12.8. The van der Waals surface area contributed by atoms with E-state index in [1.807, 2.05) is 4.90 Å². The van der Waals surface area contributed by atoms with Crippen LogP contribution in [0.3, 0.4) is 0 Å². The average Bonchev–Trinajstić information content (AvgIpc) is 2.62. The molecule has 136 valence electrons. The molecule has 3 fully saturated rings. The van der Waals surface area contributed by atoms with E-state index < -0.39 is 0 Å². The van der Waals surface area contributed by atoms with Crippen LogP contribution in [0.15, 0.2) is 0 Å². The number of likely N-dealkylation sites (tertiary alicyclic amines) is 2. The van der Waals surface area contributed by atoms with Crippen molar-refractivity contribution in [1.29, 1.82) is 0 Å². The van der Waals surface area contributed by atoms with E-state index in [0.29, 0.717) is 24.4 Å². The molecule has 2 aliphatic heterocycles. The summed E-state index contributed by atoms with van der Waals surface area (Å²) in [5.74, 6) is 0.467. The maximum atomic E-state index is 12.8. The van der Waals surface area contributed by atoms with Crippen LogP contribution in [-0.2, 0) is 4.79 Å². The number of carbonyl (C=O) groups is 2. The van der Waals surface area contributed by atoms with Gasteiger partial charge in [0.2, 0.25) is 5.91 Å². The minimum Gasteiger partial charge on any atom is -0.342 e. The third-order valence-corrected chi connectivity index (χ3v) is 6.55. The van der Waals surface area contributed by atoms with Gasteiger partial charge in [-0.2, -0.15) is 0 Å². The van der Waals surface area contributed by atoms with Gasteiger partial charge in [0.1, 0.15) is 0 Å². The highest BCUT2D eigenvalue weighted by molar-refractivity contribution is 5.80. The Morgan fingerprint density at radius 3 is 1.96 bits per heavy atom. The smallest absolute Gasteiger partial charge is 0.319 e. The molecule has 0 bridgehead atoms. The lowest BCUT2D eigenvalue weighted by atomic mass is 9.68. The third kappa shape index (κ3) is 3.70. The summed E-state index contributed by atoms with van der Waals surface area (Å²) in [7, 11) is 3.57. The molecule has 1 saturated carbocycles. The quantitative estimate of drug-likeness (QED) is 0.739. The van der Waals surface area contributed by atoms with Gasteiger partial charge in [0.25, 0.3) is 0 Å². The van der Waals surface area contributed by atoms with Gasteiger partial charge in [0, 0.05) is 46.2 Å². The van der Waals surface area contributed by atoms with Crippen LogP contribution in [0.1, 0.15) is 57.8 Å². The van der Waals surface area contributed by atoms with Crippen LogP contribution in [-0.4, -0.2) is 66.9 Å². The van der Waals surface area contributed by atoms with E-state index in [1.165, 1.54) is 44.9 Å². The second-order valence-corrected chi connectivity index (χ2v) is 8.32. The zero-order chi connectivity index (χ0) is 17.2. The van der Waals surface area contributed by atoms with Gasteiger partial charge in [-0.15, -0.1) is 0 Å². The molecule has 0 N–H and O–H groups in total. The first-order valence-corrected chi connectivity index (χ1v) is 9.76. The summed E-state index contributed by atoms with van der Waals surface area (Å²) in [4.78, 5) is 30.5. The molecule has 5 nitrogen and oxygen atoms in total. The number of carbonyl (C=O) groups excluding carboxylic acids is 2. The Morgan fingerprint density at radius 1 is 0.833 bits per heavy atom. The van der Waals surface area contributed by atoms with Gasteiger partial charge in [-0.25, -0.2) is 4.79 Å². The van der Waals surface area contributed by atoms with Gasteiger partial charge in [-0.05, 0) is 43.9 Å². The van der Waals surface area contributed by atoms with Gasteiger partial charge < -0.3 is 14.7 Å².